The molecule has 1 nitrogen and oxygen atoms in total. The Labute approximate surface area is 118 Å². The van der Waals surface area contributed by atoms with E-state index in [1.165, 1.54) is 6.07 Å². The average molecular weight is 278 g/mol. The van der Waals surface area contributed by atoms with E-state index in [-0.39, 0.29) is 5.82 Å². The summed E-state index contributed by atoms with van der Waals surface area (Å²) in [4.78, 5) is 0. The predicted octanol–water partition coefficient (Wildman–Crippen LogP) is 4.20. The summed E-state index contributed by atoms with van der Waals surface area (Å²) in [5, 5.41) is 0.658. The van der Waals surface area contributed by atoms with Crippen LogP contribution in [0.4, 0.5) is 4.39 Å². The lowest BCUT2D eigenvalue weighted by Gasteiger charge is -2.26. The minimum Gasteiger partial charge on any atom is -0.321 e. The highest BCUT2D eigenvalue weighted by molar-refractivity contribution is 6.30. The van der Waals surface area contributed by atoms with Crippen LogP contribution < -0.4 is 5.73 Å². The summed E-state index contributed by atoms with van der Waals surface area (Å²) in [6.45, 7) is 3.89. The van der Waals surface area contributed by atoms with Gasteiger partial charge in [-0.05, 0) is 61.2 Å². The molecule has 2 aromatic carbocycles. The quantitative estimate of drug-likeness (QED) is 0.894. The minimum atomic E-state index is -0.580. The van der Waals surface area contributed by atoms with Crippen LogP contribution in [0, 0.1) is 12.7 Å². The van der Waals surface area contributed by atoms with Crippen molar-refractivity contribution in [2.75, 3.05) is 0 Å². The Morgan fingerprint density at radius 1 is 1.21 bits per heavy atom. The van der Waals surface area contributed by atoms with E-state index in [2.05, 4.69) is 0 Å². The molecular formula is C16H17ClFN. The van der Waals surface area contributed by atoms with E-state index in [1.54, 1.807) is 12.1 Å². The van der Waals surface area contributed by atoms with Crippen molar-refractivity contribution in [3.05, 3.63) is 70.0 Å². The van der Waals surface area contributed by atoms with E-state index in [0.717, 1.165) is 16.7 Å². The maximum absolute atomic E-state index is 13.3. The van der Waals surface area contributed by atoms with Crippen molar-refractivity contribution < 1.29 is 4.39 Å². The molecule has 2 rings (SSSR count). The molecule has 0 aliphatic heterocycles. The van der Waals surface area contributed by atoms with Gasteiger partial charge >= 0.3 is 0 Å². The predicted molar refractivity (Wildman–Crippen MR) is 77.8 cm³/mol. The summed E-state index contributed by atoms with van der Waals surface area (Å²) in [7, 11) is 0. The van der Waals surface area contributed by atoms with Crippen LogP contribution in [-0.4, -0.2) is 0 Å². The number of rotatable bonds is 3. The number of hydrogen-bond acceptors (Lipinski definition) is 1. The fourth-order valence-corrected chi connectivity index (χ4v) is 2.36. The zero-order chi connectivity index (χ0) is 14.0. The first-order valence-corrected chi connectivity index (χ1v) is 6.56. The molecule has 2 N–H and O–H groups in total. The van der Waals surface area contributed by atoms with E-state index in [9.17, 15) is 4.39 Å². The molecular weight excluding hydrogens is 261 g/mol. The second kappa shape index (κ2) is 5.32. The lowest BCUT2D eigenvalue weighted by atomic mass is 9.85. The molecule has 0 bridgehead atoms. The SMILES string of the molecule is Cc1ccc(F)cc1CC(C)(N)c1cccc(Cl)c1. The van der Waals surface area contributed by atoms with Crippen LogP contribution in [-0.2, 0) is 12.0 Å². The third-order valence-electron chi connectivity index (χ3n) is 3.35. The highest BCUT2D eigenvalue weighted by Crippen LogP contribution is 2.26. The second-order valence-corrected chi connectivity index (χ2v) is 5.61. The molecule has 0 heterocycles. The van der Waals surface area contributed by atoms with Crippen molar-refractivity contribution in [1.29, 1.82) is 0 Å². The Balaban J connectivity index is 2.33. The van der Waals surface area contributed by atoms with Crippen molar-refractivity contribution in [3.8, 4) is 0 Å². The van der Waals surface area contributed by atoms with Crippen LogP contribution in [0.1, 0.15) is 23.6 Å². The van der Waals surface area contributed by atoms with Crippen LogP contribution >= 0.6 is 11.6 Å². The first-order chi connectivity index (χ1) is 8.88. The molecule has 3 heteroatoms. The number of halogens is 2. The van der Waals surface area contributed by atoms with E-state index >= 15 is 0 Å². The molecule has 0 fully saturated rings. The lowest BCUT2D eigenvalue weighted by Crippen LogP contribution is -2.35. The van der Waals surface area contributed by atoms with E-state index < -0.39 is 5.54 Å². The van der Waals surface area contributed by atoms with Gasteiger partial charge < -0.3 is 5.73 Å². The molecule has 0 spiro atoms. The van der Waals surface area contributed by atoms with Gasteiger partial charge in [0.05, 0.1) is 0 Å². The van der Waals surface area contributed by atoms with Gasteiger partial charge in [0.1, 0.15) is 5.82 Å². The topological polar surface area (TPSA) is 26.0 Å². The Bertz CT molecular complexity index is 593. The van der Waals surface area contributed by atoms with Gasteiger partial charge in [-0.15, -0.1) is 0 Å². The number of aryl methyl sites for hydroxylation is 1. The summed E-state index contributed by atoms with van der Waals surface area (Å²) in [5.74, 6) is -0.234. The molecule has 1 atom stereocenters. The standard InChI is InChI=1S/C16H17ClFN/c1-11-6-7-15(18)8-12(11)10-16(2,19)13-4-3-5-14(17)9-13/h3-9H,10,19H2,1-2H3. The van der Waals surface area contributed by atoms with Gasteiger partial charge in [0.15, 0.2) is 0 Å². The Hall–Kier alpha value is -1.38. The maximum Gasteiger partial charge on any atom is 0.123 e. The molecule has 0 aliphatic carbocycles. The van der Waals surface area contributed by atoms with Crippen molar-refractivity contribution in [2.45, 2.75) is 25.8 Å². The van der Waals surface area contributed by atoms with Crippen molar-refractivity contribution in [3.63, 3.8) is 0 Å². The van der Waals surface area contributed by atoms with E-state index in [4.69, 9.17) is 17.3 Å². The summed E-state index contributed by atoms with van der Waals surface area (Å²) in [5.41, 5.74) is 8.71. The minimum absolute atomic E-state index is 0.234. The molecule has 19 heavy (non-hydrogen) atoms. The molecule has 1 unspecified atom stereocenters. The van der Waals surface area contributed by atoms with Gasteiger partial charge in [-0.25, -0.2) is 4.39 Å². The van der Waals surface area contributed by atoms with Gasteiger partial charge in [0.2, 0.25) is 0 Å². The highest BCUT2D eigenvalue weighted by Gasteiger charge is 2.23. The van der Waals surface area contributed by atoms with Crippen LogP contribution in [0.5, 0.6) is 0 Å². The monoisotopic (exact) mass is 277 g/mol. The van der Waals surface area contributed by atoms with Crippen LogP contribution in [0.2, 0.25) is 5.02 Å². The summed E-state index contributed by atoms with van der Waals surface area (Å²) in [6.07, 6.45) is 0.566. The first kappa shape index (κ1) is 14.0. The van der Waals surface area contributed by atoms with Gasteiger partial charge in [-0.1, -0.05) is 29.8 Å². The van der Waals surface area contributed by atoms with E-state index in [0.29, 0.717) is 11.4 Å². The third-order valence-corrected chi connectivity index (χ3v) is 3.59. The maximum atomic E-state index is 13.3. The summed E-state index contributed by atoms with van der Waals surface area (Å²) >= 11 is 5.99. The highest BCUT2D eigenvalue weighted by atomic mass is 35.5. The number of benzene rings is 2. The van der Waals surface area contributed by atoms with Gasteiger partial charge in [-0.3, -0.25) is 0 Å². The first-order valence-electron chi connectivity index (χ1n) is 6.18. The van der Waals surface area contributed by atoms with Gasteiger partial charge in [-0.2, -0.15) is 0 Å². The third kappa shape index (κ3) is 3.34. The Morgan fingerprint density at radius 3 is 2.63 bits per heavy atom. The van der Waals surface area contributed by atoms with Crippen LogP contribution in [0.3, 0.4) is 0 Å². The zero-order valence-electron chi connectivity index (χ0n) is 11.1. The molecule has 0 aliphatic rings. The fraction of sp³-hybridized carbons (Fsp3) is 0.250. The Kier molecular flexibility index (Phi) is 3.93. The van der Waals surface area contributed by atoms with Gasteiger partial charge in [0.25, 0.3) is 0 Å². The largest absolute Gasteiger partial charge is 0.321 e. The zero-order valence-corrected chi connectivity index (χ0v) is 11.8. The van der Waals surface area contributed by atoms with Gasteiger partial charge in [0, 0.05) is 10.6 Å². The van der Waals surface area contributed by atoms with Crippen LogP contribution in [0.25, 0.3) is 0 Å². The molecule has 2 aromatic rings. The molecule has 100 valence electrons. The van der Waals surface area contributed by atoms with Crippen molar-refractivity contribution in [2.24, 2.45) is 5.73 Å². The van der Waals surface area contributed by atoms with Crippen LogP contribution in [0.15, 0.2) is 42.5 Å². The van der Waals surface area contributed by atoms with Crippen molar-refractivity contribution >= 4 is 11.6 Å². The second-order valence-electron chi connectivity index (χ2n) is 5.18. The molecule has 0 aromatic heterocycles. The lowest BCUT2D eigenvalue weighted by molar-refractivity contribution is 0.488. The van der Waals surface area contributed by atoms with E-state index in [1.807, 2.05) is 38.1 Å². The Morgan fingerprint density at radius 2 is 1.95 bits per heavy atom. The number of nitrogens with two attached hydrogens (primary N) is 1. The normalized spacial score (nSPS) is 14.2. The molecule has 0 radical (unpaired) electrons. The van der Waals surface area contributed by atoms with Crippen molar-refractivity contribution in [1.82, 2.24) is 0 Å². The molecule has 0 amide bonds. The fourth-order valence-electron chi connectivity index (χ4n) is 2.17. The average Bonchev–Trinajstić information content (AvgIpc) is 2.33. The summed E-state index contributed by atoms with van der Waals surface area (Å²) < 4.78 is 13.3. The molecule has 0 saturated carbocycles. The smallest absolute Gasteiger partial charge is 0.123 e. The summed E-state index contributed by atoms with van der Waals surface area (Å²) in [6, 6.07) is 12.3. The number of hydrogen-bond donors (Lipinski definition) is 1. The molecule has 0 saturated heterocycles.